The number of rotatable bonds is 6. The Morgan fingerprint density at radius 3 is 2.55 bits per heavy atom. The summed E-state index contributed by atoms with van der Waals surface area (Å²) >= 11 is 5.75. The van der Waals surface area contributed by atoms with Gasteiger partial charge in [0.05, 0.1) is 5.75 Å². The van der Waals surface area contributed by atoms with Crippen LogP contribution in [0.4, 0.5) is 0 Å². The molecule has 0 bridgehead atoms. The van der Waals surface area contributed by atoms with Crippen LogP contribution in [0.3, 0.4) is 0 Å². The third-order valence-electron chi connectivity index (χ3n) is 2.50. The second-order valence-electron chi connectivity index (χ2n) is 4.24. The van der Waals surface area contributed by atoms with Gasteiger partial charge in [-0.15, -0.1) is 10.2 Å². The highest BCUT2D eigenvalue weighted by Crippen LogP contribution is 2.11. The van der Waals surface area contributed by atoms with Crippen LogP contribution in [0.1, 0.15) is 17.3 Å². The van der Waals surface area contributed by atoms with Crippen molar-refractivity contribution >= 4 is 21.6 Å². The van der Waals surface area contributed by atoms with Crippen LogP contribution < -0.4 is 4.72 Å². The molecule has 1 heterocycles. The van der Waals surface area contributed by atoms with Crippen molar-refractivity contribution in [1.29, 1.82) is 0 Å². The summed E-state index contributed by atoms with van der Waals surface area (Å²) in [6.45, 7) is 1.90. The highest BCUT2D eigenvalue weighted by Gasteiger charge is 2.12. The van der Waals surface area contributed by atoms with Gasteiger partial charge in [-0.3, -0.25) is 0 Å². The number of aryl methyl sites for hydroxylation is 1. The van der Waals surface area contributed by atoms with E-state index >= 15 is 0 Å². The summed E-state index contributed by atoms with van der Waals surface area (Å²) in [5.41, 5.74) is 0.676. The molecule has 8 heteroatoms. The van der Waals surface area contributed by atoms with E-state index in [0.717, 1.165) is 0 Å². The summed E-state index contributed by atoms with van der Waals surface area (Å²) in [4.78, 5) is 0. The molecule has 0 aliphatic heterocycles. The Hall–Kier alpha value is -1.44. The maximum atomic E-state index is 11.9. The van der Waals surface area contributed by atoms with Crippen LogP contribution in [0, 0.1) is 6.92 Å². The van der Waals surface area contributed by atoms with E-state index in [1.807, 2.05) is 0 Å². The van der Waals surface area contributed by atoms with Gasteiger partial charge in [-0.1, -0.05) is 23.7 Å². The van der Waals surface area contributed by atoms with Gasteiger partial charge in [0.2, 0.25) is 21.8 Å². The lowest BCUT2D eigenvalue weighted by Gasteiger charge is -2.05. The van der Waals surface area contributed by atoms with Crippen molar-refractivity contribution < 1.29 is 12.8 Å². The number of nitrogens with one attached hydrogen (secondary N) is 1. The number of halogens is 1. The van der Waals surface area contributed by atoms with Gasteiger partial charge < -0.3 is 4.42 Å². The monoisotopic (exact) mass is 315 g/mol. The molecule has 1 N–H and O–H groups in total. The molecule has 0 unspecified atom stereocenters. The molecule has 1 aromatic heterocycles. The smallest absolute Gasteiger partial charge is 0.217 e. The zero-order valence-electron chi connectivity index (χ0n) is 10.8. The molecule has 0 spiro atoms. The molecule has 20 heavy (non-hydrogen) atoms. The standard InChI is InChI=1S/C12H14ClN3O3S/c1-9-15-16-12(19-9)6-7-14-20(17,18)8-10-2-4-11(13)5-3-10/h2-5,14H,6-8H2,1H3. The summed E-state index contributed by atoms with van der Waals surface area (Å²) in [6, 6.07) is 6.69. The van der Waals surface area contributed by atoms with Crippen molar-refractivity contribution in [3.05, 3.63) is 46.6 Å². The average Bonchev–Trinajstić information content (AvgIpc) is 2.77. The van der Waals surface area contributed by atoms with E-state index in [0.29, 0.717) is 28.8 Å². The first kappa shape index (κ1) is 15.0. The van der Waals surface area contributed by atoms with Crippen molar-refractivity contribution in [2.45, 2.75) is 19.1 Å². The molecular weight excluding hydrogens is 302 g/mol. The molecule has 1 aromatic carbocycles. The average molecular weight is 316 g/mol. The van der Waals surface area contributed by atoms with Crippen molar-refractivity contribution in [2.24, 2.45) is 0 Å². The van der Waals surface area contributed by atoms with Crippen LogP contribution in [0.25, 0.3) is 0 Å². The fourth-order valence-electron chi connectivity index (χ4n) is 1.60. The van der Waals surface area contributed by atoms with Crippen molar-refractivity contribution in [1.82, 2.24) is 14.9 Å². The summed E-state index contributed by atoms with van der Waals surface area (Å²) in [5, 5.41) is 8.04. The lowest BCUT2D eigenvalue weighted by atomic mass is 10.2. The molecule has 108 valence electrons. The van der Waals surface area contributed by atoms with Crippen LogP contribution in [-0.2, 0) is 22.2 Å². The van der Waals surface area contributed by atoms with Crippen molar-refractivity contribution in [3.8, 4) is 0 Å². The van der Waals surface area contributed by atoms with Crippen LogP contribution in [-0.4, -0.2) is 25.2 Å². The molecule has 0 fully saturated rings. The van der Waals surface area contributed by atoms with E-state index in [4.69, 9.17) is 16.0 Å². The predicted octanol–water partition coefficient (Wildman–Crippen LogP) is 1.69. The van der Waals surface area contributed by atoms with Gasteiger partial charge in [-0.2, -0.15) is 0 Å². The summed E-state index contributed by atoms with van der Waals surface area (Å²) < 4.78 is 31.4. The molecule has 6 nitrogen and oxygen atoms in total. The quantitative estimate of drug-likeness (QED) is 0.877. The first-order valence-corrected chi connectivity index (χ1v) is 7.98. The number of aromatic nitrogens is 2. The number of sulfonamides is 1. The largest absolute Gasteiger partial charge is 0.426 e. The van der Waals surface area contributed by atoms with E-state index in [1.54, 1.807) is 31.2 Å². The van der Waals surface area contributed by atoms with Gasteiger partial charge in [-0.05, 0) is 17.7 Å². The molecule has 0 radical (unpaired) electrons. The lowest BCUT2D eigenvalue weighted by Crippen LogP contribution is -2.27. The van der Waals surface area contributed by atoms with Gasteiger partial charge in [0.1, 0.15) is 0 Å². The molecule has 0 amide bonds. The first-order chi connectivity index (χ1) is 9.44. The Labute approximate surface area is 122 Å². The Kier molecular flexibility index (Phi) is 4.74. The molecule has 2 rings (SSSR count). The maximum Gasteiger partial charge on any atom is 0.217 e. The van der Waals surface area contributed by atoms with Crippen LogP contribution >= 0.6 is 11.6 Å². The topological polar surface area (TPSA) is 85.1 Å². The third kappa shape index (κ3) is 4.59. The van der Waals surface area contributed by atoms with E-state index < -0.39 is 10.0 Å². The number of benzene rings is 1. The first-order valence-electron chi connectivity index (χ1n) is 5.95. The van der Waals surface area contributed by atoms with E-state index in [2.05, 4.69) is 14.9 Å². The van der Waals surface area contributed by atoms with Gasteiger partial charge in [0.25, 0.3) is 0 Å². The van der Waals surface area contributed by atoms with Crippen LogP contribution in [0.2, 0.25) is 5.02 Å². The fourth-order valence-corrected chi connectivity index (χ4v) is 2.88. The number of hydrogen-bond donors (Lipinski definition) is 1. The second-order valence-corrected chi connectivity index (χ2v) is 6.49. The molecule has 0 saturated heterocycles. The summed E-state index contributed by atoms with van der Waals surface area (Å²) in [7, 11) is -3.39. The van der Waals surface area contributed by atoms with Gasteiger partial charge in [0.15, 0.2) is 0 Å². The predicted molar refractivity (Wildman–Crippen MR) is 74.8 cm³/mol. The fraction of sp³-hybridized carbons (Fsp3) is 0.333. The minimum Gasteiger partial charge on any atom is -0.426 e. The van der Waals surface area contributed by atoms with E-state index in [-0.39, 0.29) is 12.3 Å². The minimum absolute atomic E-state index is 0.0902. The summed E-state index contributed by atoms with van der Waals surface area (Å²) in [6.07, 6.45) is 0.362. The Morgan fingerprint density at radius 1 is 1.25 bits per heavy atom. The Balaban J connectivity index is 1.86. The van der Waals surface area contributed by atoms with Crippen molar-refractivity contribution in [2.75, 3.05) is 6.54 Å². The highest BCUT2D eigenvalue weighted by molar-refractivity contribution is 7.88. The van der Waals surface area contributed by atoms with Gasteiger partial charge in [-0.25, -0.2) is 13.1 Å². The molecule has 0 aliphatic rings. The Bertz CT molecular complexity index is 668. The molecule has 2 aromatic rings. The zero-order chi connectivity index (χ0) is 14.6. The number of hydrogen-bond acceptors (Lipinski definition) is 5. The molecule has 0 saturated carbocycles. The lowest BCUT2D eigenvalue weighted by molar-refractivity contribution is 0.466. The van der Waals surface area contributed by atoms with Crippen molar-refractivity contribution in [3.63, 3.8) is 0 Å². The van der Waals surface area contributed by atoms with E-state index in [9.17, 15) is 8.42 Å². The molecule has 0 atom stereocenters. The number of nitrogens with zero attached hydrogens (tertiary/aromatic N) is 2. The molecular formula is C12H14ClN3O3S. The third-order valence-corrected chi connectivity index (χ3v) is 4.11. The van der Waals surface area contributed by atoms with Gasteiger partial charge in [0, 0.05) is 24.9 Å². The maximum absolute atomic E-state index is 11.9. The second kappa shape index (κ2) is 6.34. The zero-order valence-corrected chi connectivity index (χ0v) is 12.4. The van der Waals surface area contributed by atoms with Crippen LogP contribution in [0.5, 0.6) is 0 Å². The highest BCUT2D eigenvalue weighted by atomic mass is 35.5. The SMILES string of the molecule is Cc1nnc(CCNS(=O)(=O)Cc2ccc(Cl)cc2)o1. The minimum atomic E-state index is -3.39. The molecule has 0 aliphatic carbocycles. The van der Waals surface area contributed by atoms with Crippen LogP contribution in [0.15, 0.2) is 28.7 Å². The summed E-state index contributed by atoms with van der Waals surface area (Å²) in [5.74, 6) is 0.785. The Morgan fingerprint density at radius 2 is 1.95 bits per heavy atom. The van der Waals surface area contributed by atoms with Gasteiger partial charge >= 0.3 is 0 Å². The van der Waals surface area contributed by atoms with E-state index in [1.165, 1.54) is 0 Å². The normalized spacial score (nSPS) is 11.7.